The highest BCUT2D eigenvalue weighted by molar-refractivity contribution is 9.10. The molecule has 0 aromatic heterocycles. The molecule has 0 radical (unpaired) electrons. The molecule has 0 amide bonds. The third kappa shape index (κ3) is 2.43. The van der Waals surface area contributed by atoms with Crippen LogP contribution in [0.15, 0.2) is 46.9 Å². The van der Waals surface area contributed by atoms with E-state index in [0.717, 1.165) is 21.2 Å². The largest absolute Gasteiger partial charge is 0.384 e. The Labute approximate surface area is 110 Å². The van der Waals surface area contributed by atoms with Crippen molar-refractivity contribution in [1.82, 2.24) is 0 Å². The molecule has 0 heterocycles. The van der Waals surface area contributed by atoms with Crippen LogP contribution in [0.1, 0.15) is 28.4 Å². The van der Waals surface area contributed by atoms with Crippen LogP contribution in [0.3, 0.4) is 0 Å². The van der Waals surface area contributed by atoms with Gasteiger partial charge in [-0.2, -0.15) is 0 Å². The van der Waals surface area contributed by atoms with Crippen molar-refractivity contribution in [2.24, 2.45) is 0 Å². The fourth-order valence-corrected chi connectivity index (χ4v) is 2.44. The lowest BCUT2D eigenvalue weighted by molar-refractivity contribution is 0.218. The van der Waals surface area contributed by atoms with Gasteiger partial charge in [0.05, 0.1) is 0 Å². The van der Waals surface area contributed by atoms with Gasteiger partial charge in [0.2, 0.25) is 0 Å². The molecule has 0 fully saturated rings. The van der Waals surface area contributed by atoms with E-state index in [4.69, 9.17) is 0 Å². The summed E-state index contributed by atoms with van der Waals surface area (Å²) in [6, 6.07) is 13.8. The van der Waals surface area contributed by atoms with E-state index >= 15 is 0 Å². The molecule has 2 aromatic carbocycles. The van der Waals surface area contributed by atoms with Crippen LogP contribution >= 0.6 is 15.9 Å². The third-order valence-corrected chi connectivity index (χ3v) is 3.86. The molecular formula is C15H15BrO. The van der Waals surface area contributed by atoms with E-state index in [2.05, 4.69) is 28.9 Å². The van der Waals surface area contributed by atoms with E-state index in [1.54, 1.807) is 0 Å². The highest BCUT2D eigenvalue weighted by Crippen LogP contribution is 2.30. The monoisotopic (exact) mass is 290 g/mol. The van der Waals surface area contributed by atoms with Crippen molar-refractivity contribution < 1.29 is 5.11 Å². The third-order valence-electron chi connectivity index (χ3n) is 3.14. The zero-order valence-corrected chi connectivity index (χ0v) is 11.5. The Bertz CT molecular complexity index is 534. The Balaban J connectivity index is 2.48. The van der Waals surface area contributed by atoms with Crippen LogP contribution in [0.5, 0.6) is 0 Å². The lowest BCUT2D eigenvalue weighted by Crippen LogP contribution is -2.03. The average molecular weight is 291 g/mol. The van der Waals surface area contributed by atoms with Gasteiger partial charge in [0, 0.05) is 4.47 Å². The minimum atomic E-state index is -0.578. The average Bonchev–Trinajstić information content (AvgIpc) is 2.32. The molecule has 0 aliphatic heterocycles. The minimum absolute atomic E-state index is 0.578. The van der Waals surface area contributed by atoms with Crippen molar-refractivity contribution in [3.05, 3.63) is 69.2 Å². The van der Waals surface area contributed by atoms with Crippen LogP contribution < -0.4 is 0 Å². The summed E-state index contributed by atoms with van der Waals surface area (Å²) >= 11 is 3.48. The van der Waals surface area contributed by atoms with E-state index < -0.39 is 6.10 Å². The molecule has 0 aliphatic rings. The summed E-state index contributed by atoms with van der Waals surface area (Å²) in [7, 11) is 0. The lowest BCUT2D eigenvalue weighted by Gasteiger charge is -2.16. The van der Waals surface area contributed by atoms with Crippen molar-refractivity contribution in [2.45, 2.75) is 20.0 Å². The zero-order valence-electron chi connectivity index (χ0n) is 9.94. The number of hydrogen-bond acceptors (Lipinski definition) is 1. The predicted octanol–water partition coefficient (Wildman–Crippen LogP) is 4.15. The molecule has 2 aromatic rings. The van der Waals surface area contributed by atoms with Gasteiger partial charge in [0.15, 0.2) is 0 Å². The first-order valence-electron chi connectivity index (χ1n) is 5.60. The number of aryl methyl sites for hydroxylation is 1. The van der Waals surface area contributed by atoms with E-state index in [1.165, 1.54) is 5.56 Å². The van der Waals surface area contributed by atoms with Crippen molar-refractivity contribution in [1.29, 1.82) is 0 Å². The van der Waals surface area contributed by atoms with Gasteiger partial charge in [-0.3, -0.25) is 0 Å². The van der Waals surface area contributed by atoms with E-state index in [9.17, 15) is 5.11 Å². The molecule has 2 heteroatoms. The normalized spacial score (nSPS) is 12.5. The van der Waals surface area contributed by atoms with Gasteiger partial charge in [0.1, 0.15) is 6.10 Å². The summed E-state index contributed by atoms with van der Waals surface area (Å²) < 4.78 is 0.938. The van der Waals surface area contributed by atoms with Crippen molar-refractivity contribution in [3.63, 3.8) is 0 Å². The number of aliphatic hydroxyl groups excluding tert-OH is 1. The van der Waals surface area contributed by atoms with Crippen molar-refractivity contribution in [2.75, 3.05) is 0 Å². The Morgan fingerprint density at radius 1 is 0.941 bits per heavy atom. The number of aliphatic hydroxyl groups is 1. The summed E-state index contributed by atoms with van der Waals surface area (Å²) in [5.74, 6) is 0. The molecule has 2 rings (SSSR count). The molecule has 0 unspecified atom stereocenters. The van der Waals surface area contributed by atoms with Gasteiger partial charge in [0.25, 0.3) is 0 Å². The molecule has 0 aliphatic carbocycles. The van der Waals surface area contributed by atoms with Gasteiger partial charge in [-0.1, -0.05) is 52.3 Å². The Morgan fingerprint density at radius 3 is 2.29 bits per heavy atom. The fourth-order valence-electron chi connectivity index (χ4n) is 1.93. The Morgan fingerprint density at radius 2 is 1.59 bits per heavy atom. The maximum Gasteiger partial charge on any atom is 0.105 e. The SMILES string of the molecule is Cc1cccc([C@H](O)c2ccccc2Br)c1C. The van der Waals surface area contributed by atoms with Crippen LogP contribution in [0.25, 0.3) is 0 Å². The summed E-state index contributed by atoms with van der Waals surface area (Å²) in [6.07, 6.45) is -0.578. The molecule has 0 saturated heterocycles. The predicted molar refractivity (Wildman–Crippen MR) is 74.1 cm³/mol. The fraction of sp³-hybridized carbons (Fsp3) is 0.200. The van der Waals surface area contributed by atoms with Crippen molar-refractivity contribution in [3.8, 4) is 0 Å². The molecule has 1 atom stereocenters. The smallest absolute Gasteiger partial charge is 0.105 e. The second-order valence-electron chi connectivity index (χ2n) is 4.21. The van der Waals surface area contributed by atoms with Gasteiger partial charge < -0.3 is 5.11 Å². The first-order chi connectivity index (χ1) is 8.11. The second-order valence-corrected chi connectivity index (χ2v) is 5.07. The molecule has 0 saturated carbocycles. The Hall–Kier alpha value is -1.12. The second kappa shape index (κ2) is 5.03. The zero-order chi connectivity index (χ0) is 12.4. The first kappa shape index (κ1) is 12.3. The standard InChI is InChI=1S/C15H15BrO/c1-10-6-5-8-12(11(10)2)15(17)13-7-3-4-9-14(13)16/h3-9,15,17H,1-2H3/t15-/m0/s1. The van der Waals surface area contributed by atoms with Crippen LogP contribution in [-0.4, -0.2) is 5.11 Å². The topological polar surface area (TPSA) is 20.2 Å². The van der Waals surface area contributed by atoms with Gasteiger partial charge in [-0.15, -0.1) is 0 Å². The number of halogens is 1. The number of hydrogen-bond donors (Lipinski definition) is 1. The first-order valence-corrected chi connectivity index (χ1v) is 6.39. The molecule has 88 valence electrons. The maximum atomic E-state index is 10.4. The quantitative estimate of drug-likeness (QED) is 0.881. The Kier molecular flexibility index (Phi) is 3.65. The van der Waals surface area contributed by atoms with Gasteiger partial charge in [-0.05, 0) is 42.2 Å². The van der Waals surface area contributed by atoms with E-state index in [-0.39, 0.29) is 0 Å². The highest BCUT2D eigenvalue weighted by Gasteiger charge is 2.15. The number of rotatable bonds is 2. The molecule has 0 bridgehead atoms. The molecule has 0 spiro atoms. The highest BCUT2D eigenvalue weighted by atomic mass is 79.9. The van der Waals surface area contributed by atoms with Crippen molar-refractivity contribution >= 4 is 15.9 Å². The minimum Gasteiger partial charge on any atom is -0.384 e. The molecular weight excluding hydrogens is 276 g/mol. The van der Waals surface area contributed by atoms with Crippen LogP contribution in [-0.2, 0) is 0 Å². The van der Waals surface area contributed by atoms with Crippen LogP contribution in [0.2, 0.25) is 0 Å². The maximum absolute atomic E-state index is 10.4. The van der Waals surface area contributed by atoms with Crippen LogP contribution in [0, 0.1) is 13.8 Å². The van der Waals surface area contributed by atoms with Crippen LogP contribution in [0.4, 0.5) is 0 Å². The summed E-state index contributed by atoms with van der Waals surface area (Å²) in [5, 5.41) is 10.4. The van der Waals surface area contributed by atoms with E-state index in [1.807, 2.05) is 43.3 Å². The summed E-state index contributed by atoms with van der Waals surface area (Å²) in [6.45, 7) is 4.11. The molecule has 1 N–H and O–H groups in total. The lowest BCUT2D eigenvalue weighted by atomic mass is 9.95. The number of benzene rings is 2. The van der Waals surface area contributed by atoms with Gasteiger partial charge in [-0.25, -0.2) is 0 Å². The molecule has 17 heavy (non-hydrogen) atoms. The van der Waals surface area contributed by atoms with E-state index in [0.29, 0.717) is 0 Å². The molecule has 1 nitrogen and oxygen atoms in total. The van der Waals surface area contributed by atoms with Gasteiger partial charge >= 0.3 is 0 Å². The summed E-state index contributed by atoms with van der Waals surface area (Å²) in [5.41, 5.74) is 4.22. The summed E-state index contributed by atoms with van der Waals surface area (Å²) in [4.78, 5) is 0.